The summed E-state index contributed by atoms with van der Waals surface area (Å²) in [6.45, 7) is 3.44. The Morgan fingerprint density at radius 1 is 0.919 bits per heavy atom. The Bertz CT molecular complexity index is 1480. The number of carbonyl (C=O) groups is 3. The maximum absolute atomic E-state index is 13.1. The predicted octanol–water partition coefficient (Wildman–Crippen LogP) is 5.82. The van der Waals surface area contributed by atoms with Crippen LogP contribution < -0.4 is 10.6 Å². The Labute approximate surface area is 223 Å². The topological polar surface area (TPSA) is 91.4 Å². The number of carbonyl (C=O) groups excluding carboxylic acids is 3. The molecule has 2 N–H and O–H groups in total. The summed E-state index contributed by atoms with van der Waals surface area (Å²) in [5.41, 5.74) is 4.07. The lowest BCUT2D eigenvalue weighted by Crippen LogP contribution is -2.29. The van der Waals surface area contributed by atoms with E-state index >= 15 is 0 Å². The van der Waals surface area contributed by atoms with Crippen LogP contribution in [0, 0.1) is 6.92 Å². The number of nitrogens with one attached hydrogen (secondary N) is 2. The number of nitrogens with zero attached hydrogens (tertiary/aromatic N) is 2. The van der Waals surface area contributed by atoms with Crippen molar-refractivity contribution in [1.82, 2.24) is 9.88 Å². The highest BCUT2D eigenvalue weighted by Gasteiger charge is 2.24. The fourth-order valence-electron chi connectivity index (χ4n) is 4.25. The van der Waals surface area contributed by atoms with Gasteiger partial charge in [0.05, 0.1) is 27.1 Å². The third kappa shape index (κ3) is 6.00. The minimum atomic E-state index is -0.325. The molecule has 0 spiro atoms. The Balaban J connectivity index is 1.24. The van der Waals surface area contributed by atoms with E-state index in [2.05, 4.69) is 15.6 Å². The fourth-order valence-corrected chi connectivity index (χ4v) is 6.15. The van der Waals surface area contributed by atoms with Gasteiger partial charge in [0.1, 0.15) is 0 Å². The van der Waals surface area contributed by atoms with E-state index in [0.717, 1.165) is 51.7 Å². The maximum Gasteiger partial charge on any atom is 0.256 e. The normalized spacial score (nSPS) is 13.1. The first kappa shape index (κ1) is 25.0. The van der Waals surface area contributed by atoms with Crippen molar-refractivity contribution in [3.63, 3.8) is 0 Å². The van der Waals surface area contributed by atoms with Crippen LogP contribution in [0.25, 0.3) is 10.2 Å². The molecule has 1 fully saturated rings. The zero-order valence-electron chi connectivity index (χ0n) is 20.3. The van der Waals surface area contributed by atoms with Crippen molar-refractivity contribution in [2.45, 2.75) is 24.1 Å². The largest absolute Gasteiger partial charge is 0.339 e. The molecule has 9 heteroatoms. The number of benzene rings is 3. The summed E-state index contributed by atoms with van der Waals surface area (Å²) >= 11 is 2.85. The maximum atomic E-state index is 13.1. The molecule has 3 aromatic carbocycles. The quantitative estimate of drug-likeness (QED) is 0.294. The van der Waals surface area contributed by atoms with Gasteiger partial charge in [-0.3, -0.25) is 14.4 Å². The van der Waals surface area contributed by atoms with E-state index in [1.54, 1.807) is 35.2 Å². The second-order valence-corrected chi connectivity index (χ2v) is 11.1. The highest BCUT2D eigenvalue weighted by atomic mass is 32.2. The first-order valence-corrected chi connectivity index (χ1v) is 13.9. The molecule has 0 atom stereocenters. The number of aromatic nitrogens is 1. The Kier molecular flexibility index (Phi) is 7.52. The Morgan fingerprint density at radius 2 is 1.68 bits per heavy atom. The second-order valence-electron chi connectivity index (χ2n) is 8.87. The number of hydrogen-bond acceptors (Lipinski definition) is 6. The van der Waals surface area contributed by atoms with E-state index in [9.17, 15) is 14.4 Å². The van der Waals surface area contributed by atoms with E-state index in [4.69, 9.17) is 0 Å². The molecule has 3 amide bonds. The molecule has 1 aliphatic heterocycles. The van der Waals surface area contributed by atoms with Crippen molar-refractivity contribution in [2.24, 2.45) is 0 Å². The van der Waals surface area contributed by atoms with Crippen LogP contribution in [0.5, 0.6) is 0 Å². The number of thioether (sulfide) groups is 1. The zero-order chi connectivity index (χ0) is 25.8. The SMILES string of the molecule is Cc1cccc(NC(=O)CSc2nc3ccc(NC(=O)c4ccccc4C(=O)N4CCCC4)cc3s2)c1. The number of rotatable bonds is 7. The number of thiazole rings is 1. The third-order valence-corrected chi connectivity index (χ3v) is 8.21. The number of likely N-dealkylation sites (tertiary alicyclic amines) is 1. The van der Waals surface area contributed by atoms with E-state index in [1.165, 1.54) is 23.1 Å². The second kappa shape index (κ2) is 11.1. The lowest BCUT2D eigenvalue weighted by atomic mass is 10.1. The van der Waals surface area contributed by atoms with Gasteiger partial charge in [-0.05, 0) is 67.8 Å². The van der Waals surface area contributed by atoms with E-state index in [-0.39, 0.29) is 23.5 Å². The average molecular weight is 531 g/mol. The van der Waals surface area contributed by atoms with Crippen molar-refractivity contribution >= 4 is 62.4 Å². The molecule has 0 saturated carbocycles. The molecule has 5 rings (SSSR count). The molecule has 37 heavy (non-hydrogen) atoms. The first-order chi connectivity index (χ1) is 18.0. The van der Waals surface area contributed by atoms with Crippen LogP contribution >= 0.6 is 23.1 Å². The lowest BCUT2D eigenvalue weighted by Gasteiger charge is -2.17. The molecule has 1 saturated heterocycles. The van der Waals surface area contributed by atoms with Gasteiger partial charge in [0.2, 0.25) is 5.91 Å². The number of fused-ring (bicyclic) bond motifs is 1. The molecule has 1 aliphatic rings. The highest BCUT2D eigenvalue weighted by Crippen LogP contribution is 2.31. The van der Waals surface area contributed by atoms with Crippen LogP contribution in [0.2, 0.25) is 0 Å². The summed E-state index contributed by atoms with van der Waals surface area (Å²) in [4.78, 5) is 44.8. The van der Waals surface area contributed by atoms with Gasteiger partial charge in [-0.15, -0.1) is 11.3 Å². The third-order valence-electron chi connectivity index (χ3n) is 6.05. The van der Waals surface area contributed by atoms with Crippen LogP contribution in [0.3, 0.4) is 0 Å². The molecule has 1 aromatic heterocycles. The van der Waals surface area contributed by atoms with Crippen molar-refractivity contribution in [1.29, 1.82) is 0 Å². The smallest absolute Gasteiger partial charge is 0.256 e. The number of aryl methyl sites for hydroxylation is 1. The van der Waals surface area contributed by atoms with Crippen LogP contribution in [-0.2, 0) is 4.79 Å². The van der Waals surface area contributed by atoms with Crippen molar-refractivity contribution in [2.75, 3.05) is 29.5 Å². The molecule has 4 aromatic rings. The number of amides is 3. The molecule has 7 nitrogen and oxygen atoms in total. The molecule has 2 heterocycles. The monoisotopic (exact) mass is 530 g/mol. The van der Waals surface area contributed by atoms with Crippen LogP contribution in [0.15, 0.2) is 71.1 Å². The summed E-state index contributed by atoms with van der Waals surface area (Å²) in [6, 6.07) is 20.1. The average Bonchev–Trinajstić information content (AvgIpc) is 3.57. The summed E-state index contributed by atoms with van der Waals surface area (Å²) in [6.07, 6.45) is 1.99. The summed E-state index contributed by atoms with van der Waals surface area (Å²) < 4.78 is 1.68. The van der Waals surface area contributed by atoms with Gasteiger partial charge in [-0.2, -0.15) is 0 Å². The first-order valence-electron chi connectivity index (χ1n) is 12.1. The molecular weight excluding hydrogens is 504 g/mol. The van der Waals surface area contributed by atoms with Gasteiger partial charge in [-0.1, -0.05) is 36.0 Å². The molecule has 188 valence electrons. The van der Waals surface area contributed by atoms with Crippen molar-refractivity contribution in [3.05, 3.63) is 83.4 Å². The van der Waals surface area contributed by atoms with E-state index in [1.807, 2.05) is 43.3 Å². The van der Waals surface area contributed by atoms with Gasteiger partial charge >= 0.3 is 0 Å². The van der Waals surface area contributed by atoms with Gasteiger partial charge in [-0.25, -0.2) is 4.98 Å². The summed E-state index contributed by atoms with van der Waals surface area (Å²) in [5.74, 6) is -0.271. The molecule has 0 radical (unpaired) electrons. The molecule has 0 aliphatic carbocycles. The summed E-state index contributed by atoms with van der Waals surface area (Å²) in [5, 5.41) is 5.83. The fraction of sp³-hybridized carbons (Fsp3) is 0.214. The van der Waals surface area contributed by atoms with Crippen LogP contribution in [-0.4, -0.2) is 46.4 Å². The Morgan fingerprint density at radius 3 is 2.46 bits per heavy atom. The van der Waals surface area contributed by atoms with Crippen molar-refractivity contribution in [3.8, 4) is 0 Å². The molecular formula is C28H26N4O3S2. The number of anilines is 2. The predicted molar refractivity (Wildman–Crippen MR) is 150 cm³/mol. The van der Waals surface area contributed by atoms with Gasteiger partial charge < -0.3 is 15.5 Å². The van der Waals surface area contributed by atoms with E-state index < -0.39 is 0 Å². The van der Waals surface area contributed by atoms with Crippen molar-refractivity contribution < 1.29 is 14.4 Å². The molecule has 0 bridgehead atoms. The highest BCUT2D eigenvalue weighted by molar-refractivity contribution is 8.01. The van der Waals surface area contributed by atoms with Crippen LogP contribution in [0.4, 0.5) is 11.4 Å². The standard InChI is InChI=1S/C28H26N4O3S2/c1-18-7-6-8-19(15-18)29-25(33)17-36-28-31-23-12-11-20(16-24(23)37-28)30-26(34)21-9-2-3-10-22(21)27(35)32-13-4-5-14-32/h2-3,6-12,15-16H,4-5,13-14,17H2,1H3,(H,29,33)(H,30,34). The van der Waals surface area contributed by atoms with Gasteiger partial charge in [0.25, 0.3) is 11.8 Å². The van der Waals surface area contributed by atoms with Gasteiger partial charge in [0.15, 0.2) is 4.34 Å². The number of hydrogen-bond donors (Lipinski definition) is 2. The Hall–Kier alpha value is -3.69. The minimum Gasteiger partial charge on any atom is -0.339 e. The minimum absolute atomic E-state index is 0.0926. The molecule has 0 unspecified atom stereocenters. The zero-order valence-corrected chi connectivity index (χ0v) is 22.0. The summed E-state index contributed by atoms with van der Waals surface area (Å²) in [7, 11) is 0. The van der Waals surface area contributed by atoms with Gasteiger partial charge in [0, 0.05) is 24.5 Å². The van der Waals surface area contributed by atoms with E-state index in [0.29, 0.717) is 16.8 Å². The lowest BCUT2D eigenvalue weighted by molar-refractivity contribution is -0.113. The van der Waals surface area contributed by atoms with Crippen LogP contribution in [0.1, 0.15) is 39.1 Å².